The van der Waals surface area contributed by atoms with E-state index in [1.807, 2.05) is 43.4 Å². The van der Waals surface area contributed by atoms with E-state index in [-0.39, 0.29) is 11.0 Å². The Balaban J connectivity index is 1.99. The van der Waals surface area contributed by atoms with E-state index in [4.69, 9.17) is 9.47 Å². The van der Waals surface area contributed by atoms with E-state index in [1.54, 1.807) is 6.20 Å². The average Bonchev–Trinajstić information content (AvgIpc) is 2.52. The average molecular weight is 326 g/mol. The Hall–Kier alpha value is -0.820. The quantitative estimate of drug-likeness (QED) is 0.806. The van der Waals surface area contributed by atoms with Crippen LogP contribution < -0.4 is 0 Å². The minimum absolute atomic E-state index is 0.179. The lowest BCUT2D eigenvalue weighted by Crippen LogP contribution is -2.39. The van der Waals surface area contributed by atoms with Gasteiger partial charge in [-0.1, -0.05) is 6.07 Å². The normalized spacial score (nSPS) is 18.5. The molecule has 0 aromatic carbocycles. The van der Waals surface area contributed by atoms with Gasteiger partial charge in [0.1, 0.15) is 11.0 Å². The molecule has 5 nitrogen and oxygen atoms in total. The molecule has 0 saturated carbocycles. The van der Waals surface area contributed by atoms with Crippen molar-refractivity contribution in [1.82, 2.24) is 9.29 Å². The summed E-state index contributed by atoms with van der Waals surface area (Å²) in [5, 5.41) is 0. The summed E-state index contributed by atoms with van der Waals surface area (Å²) in [7, 11) is -1.09. The lowest BCUT2D eigenvalue weighted by molar-refractivity contribution is -0.181. The fourth-order valence-electron chi connectivity index (χ4n) is 2.26. The molecule has 0 spiro atoms. The van der Waals surface area contributed by atoms with Gasteiger partial charge in [0.15, 0.2) is 6.29 Å². The molecule has 2 rings (SSSR count). The molecule has 1 aliphatic heterocycles. The molecule has 22 heavy (non-hydrogen) atoms. The Labute approximate surface area is 135 Å². The van der Waals surface area contributed by atoms with Crippen molar-refractivity contribution >= 4 is 11.0 Å². The van der Waals surface area contributed by atoms with Crippen LogP contribution in [-0.2, 0) is 27.0 Å². The Bertz CT molecular complexity index is 470. The molecule has 6 heteroatoms. The predicted molar refractivity (Wildman–Crippen MR) is 87.5 cm³/mol. The van der Waals surface area contributed by atoms with Crippen molar-refractivity contribution in [2.75, 3.05) is 19.8 Å². The van der Waals surface area contributed by atoms with Crippen LogP contribution in [0.4, 0.5) is 0 Å². The zero-order valence-electron chi connectivity index (χ0n) is 13.7. The predicted octanol–water partition coefficient (Wildman–Crippen LogP) is 2.50. The van der Waals surface area contributed by atoms with Crippen LogP contribution in [0.5, 0.6) is 0 Å². The van der Waals surface area contributed by atoms with Gasteiger partial charge in [0.25, 0.3) is 0 Å². The van der Waals surface area contributed by atoms with Crippen molar-refractivity contribution in [3.8, 4) is 0 Å². The second kappa shape index (κ2) is 8.15. The van der Waals surface area contributed by atoms with Gasteiger partial charge in [0.2, 0.25) is 0 Å². The summed E-state index contributed by atoms with van der Waals surface area (Å²) >= 11 is 0. The standard InChI is InChI=1S/C16H26N2O3S/c1-16(2,3)22(19)18(13-14-6-4-8-17-12-14)9-7-15-20-10-5-11-21-15/h4,6,8,12,15H,5,7,9-11,13H2,1-3H3. The van der Waals surface area contributed by atoms with Gasteiger partial charge >= 0.3 is 0 Å². The number of hydrogen-bond acceptors (Lipinski definition) is 4. The van der Waals surface area contributed by atoms with Gasteiger partial charge in [-0.05, 0) is 38.8 Å². The summed E-state index contributed by atoms with van der Waals surface area (Å²) in [6.45, 7) is 8.76. The Morgan fingerprint density at radius 1 is 1.36 bits per heavy atom. The summed E-state index contributed by atoms with van der Waals surface area (Å²) in [6.07, 6.45) is 5.06. The van der Waals surface area contributed by atoms with E-state index in [9.17, 15) is 4.21 Å². The number of nitrogens with zero attached hydrogens (tertiary/aromatic N) is 2. The first-order chi connectivity index (χ1) is 10.5. The topological polar surface area (TPSA) is 51.7 Å². The van der Waals surface area contributed by atoms with Gasteiger partial charge in [-0.3, -0.25) is 4.98 Å². The van der Waals surface area contributed by atoms with Crippen molar-refractivity contribution in [1.29, 1.82) is 0 Å². The van der Waals surface area contributed by atoms with Crippen molar-refractivity contribution in [3.05, 3.63) is 30.1 Å². The second-order valence-corrected chi connectivity index (χ2v) is 8.64. The van der Waals surface area contributed by atoms with Crippen molar-refractivity contribution < 1.29 is 13.7 Å². The fourth-order valence-corrected chi connectivity index (χ4v) is 3.57. The molecule has 1 aliphatic rings. The van der Waals surface area contributed by atoms with Gasteiger partial charge in [-0.25, -0.2) is 8.51 Å². The summed E-state index contributed by atoms with van der Waals surface area (Å²) in [4.78, 5) is 4.13. The smallest absolute Gasteiger partial charge is 0.158 e. The van der Waals surface area contributed by atoms with Crippen molar-refractivity contribution in [2.24, 2.45) is 0 Å². The zero-order chi connectivity index (χ0) is 16.0. The molecule has 0 bridgehead atoms. The summed E-state index contributed by atoms with van der Waals surface area (Å²) in [6, 6.07) is 3.91. The molecule has 1 aromatic rings. The molecule has 2 heterocycles. The van der Waals surface area contributed by atoms with E-state index >= 15 is 0 Å². The van der Waals surface area contributed by atoms with Crippen LogP contribution in [0.2, 0.25) is 0 Å². The van der Waals surface area contributed by atoms with Crippen LogP contribution in [0.1, 0.15) is 39.2 Å². The van der Waals surface area contributed by atoms with E-state index in [0.717, 1.165) is 31.6 Å². The first-order valence-corrected chi connectivity index (χ1v) is 8.86. The molecule has 1 fully saturated rings. The highest BCUT2D eigenvalue weighted by atomic mass is 32.2. The number of rotatable bonds is 6. The minimum Gasteiger partial charge on any atom is -0.353 e. The van der Waals surface area contributed by atoms with Gasteiger partial charge in [0.05, 0.1) is 18.0 Å². The highest BCUT2D eigenvalue weighted by molar-refractivity contribution is 7.84. The monoisotopic (exact) mass is 326 g/mol. The molecule has 0 amide bonds. The summed E-state index contributed by atoms with van der Waals surface area (Å²) < 4.78 is 25.6. The van der Waals surface area contributed by atoms with Crippen LogP contribution in [0, 0.1) is 0 Å². The Morgan fingerprint density at radius 2 is 2.09 bits per heavy atom. The molecular weight excluding hydrogens is 300 g/mol. The number of pyridine rings is 1. The van der Waals surface area contributed by atoms with Crippen molar-refractivity contribution in [3.63, 3.8) is 0 Å². The molecule has 0 aliphatic carbocycles. The van der Waals surface area contributed by atoms with E-state index in [2.05, 4.69) is 4.98 Å². The SMILES string of the molecule is CC(C)(C)S(=O)N(CCC1OCCCO1)Cc1cccnc1. The third kappa shape index (κ3) is 5.43. The molecule has 1 aromatic heterocycles. The second-order valence-electron chi connectivity index (χ2n) is 6.40. The van der Waals surface area contributed by atoms with Crippen LogP contribution in [0.25, 0.3) is 0 Å². The lowest BCUT2D eigenvalue weighted by atomic mass is 10.3. The van der Waals surface area contributed by atoms with E-state index in [1.165, 1.54) is 0 Å². The van der Waals surface area contributed by atoms with Gasteiger partial charge in [-0.2, -0.15) is 0 Å². The van der Waals surface area contributed by atoms with Crippen LogP contribution in [-0.4, -0.2) is 44.3 Å². The maximum absolute atomic E-state index is 12.8. The van der Waals surface area contributed by atoms with Gasteiger partial charge < -0.3 is 9.47 Å². The zero-order valence-corrected chi connectivity index (χ0v) is 14.5. The first kappa shape index (κ1) is 17.5. The first-order valence-electron chi connectivity index (χ1n) is 7.76. The fraction of sp³-hybridized carbons (Fsp3) is 0.688. The molecule has 124 valence electrons. The maximum Gasteiger partial charge on any atom is 0.158 e. The molecule has 1 unspecified atom stereocenters. The lowest BCUT2D eigenvalue weighted by Gasteiger charge is -2.31. The molecular formula is C16H26N2O3S. The molecule has 0 N–H and O–H groups in total. The minimum atomic E-state index is -1.09. The summed E-state index contributed by atoms with van der Waals surface area (Å²) in [5.41, 5.74) is 1.06. The molecule has 1 saturated heterocycles. The van der Waals surface area contributed by atoms with Gasteiger partial charge in [0, 0.05) is 31.9 Å². The highest BCUT2D eigenvalue weighted by Gasteiger charge is 2.27. The molecule has 1 atom stereocenters. The third-order valence-corrected chi connectivity index (χ3v) is 5.18. The highest BCUT2D eigenvalue weighted by Crippen LogP contribution is 2.20. The Morgan fingerprint density at radius 3 is 2.68 bits per heavy atom. The van der Waals surface area contributed by atoms with Gasteiger partial charge in [-0.15, -0.1) is 0 Å². The maximum atomic E-state index is 12.8. The molecule has 0 radical (unpaired) electrons. The van der Waals surface area contributed by atoms with E-state index in [0.29, 0.717) is 13.1 Å². The van der Waals surface area contributed by atoms with E-state index < -0.39 is 11.0 Å². The number of hydrogen-bond donors (Lipinski definition) is 0. The number of ether oxygens (including phenoxy) is 2. The van der Waals surface area contributed by atoms with Crippen LogP contribution >= 0.6 is 0 Å². The van der Waals surface area contributed by atoms with Crippen molar-refractivity contribution in [2.45, 2.75) is 51.2 Å². The van der Waals surface area contributed by atoms with Crippen LogP contribution in [0.15, 0.2) is 24.5 Å². The third-order valence-electron chi connectivity index (χ3n) is 3.35. The largest absolute Gasteiger partial charge is 0.353 e. The Kier molecular flexibility index (Phi) is 6.50. The van der Waals surface area contributed by atoms with Crippen LogP contribution in [0.3, 0.4) is 0 Å². The summed E-state index contributed by atoms with van der Waals surface area (Å²) in [5.74, 6) is 0. The number of aromatic nitrogens is 1.